The third kappa shape index (κ3) is 4.06. The molecule has 1 saturated heterocycles. The number of nitrogens with zero attached hydrogens (tertiary/aromatic N) is 7. The summed E-state index contributed by atoms with van der Waals surface area (Å²) < 4.78 is 3.28. The third-order valence-electron chi connectivity index (χ3n) is 5.74. The number of aryl methyl sites for hydroxylation is 2. The number of aliphatic hydroxyl groups excluding tert-OH is 1. The summed E-state index contributed by atoms with van der Waals surface area (Å²) in [4.78, 5) is 35.7. The van der Waals surface area contributed by atoms with E-state index >= 15 is 0 Å². The Hall–Kier alpha value is -4.32. The third-order valence-corrected chi connectivity index (χ3v) is 5.74. The molecule has 0 radical (unpaired) electrons. The first kappa shape index (κ1) is 21.5. The molecule has 4 aromatic rings. The van der Waals surface area contributed by atoms with Gasteiger partial charge in [-0.3, -0.25) is 19.4 Å². The van der Waals surface area contributed by atoms with E-state index in [1.807, 2.05) is 13.2 Å². The van der Waals surface area contributed by atoms with Crippen LogP contribution in [0.5, 0.6) is 0 Å². The highest BCUT2D eigenvalue weighted by atomic mass is 16.3. The van der Waals surface area contributed by atoms with Gasteiger partial charge in [-0.05, 0) is 13.0 Å². The average Bonchev–Trinajstić information content (AvgIpc) is 3.41. The second-order valence-electron chi connectivity index (χ2n) is 8.26. The maximum Gasteiger partial charge on any atom is 0.321 e. The van der Waals surface area contributed by atoms with E-state index in [1.165, 1.54) is 12.4 Å². The summed E-state index contributed by atoms with van der Waals surface area (Å²) in [5, 5.41) is 23.2. The van der Waals surface area contributed by atoms with Gasteiger partial charge < -0.3 is 20.6 Å². The lowest BCUT2D eigenvalue weighted by Gasteiger charge is -2.38. The molecular weight excluding hydrogens is 438 g/mol. The summed E-state index contributed by atoms with van der Waals surface area (Å²) in [6.45, 7) is 2.85. The molecule has 174 valence electrons. The van der Waals surface area contributed by atoms with Crippen molar-refractivity contribution in [3.05, 3.63) is 54.5 Å². The van der Waals surface area contributed by atoms with Gasteiger partial charge in [0.25, 0.3) is 5.91 Å². The van der Waals surface area contributed by atoms with E-state index in [0.29, 0.717) is 46.9 Å². The van der Waals surface area contributed by atoms with E-state index in [2.05, 4.69) is 30.8 Å². The van der Waals surface area contributed by atoms with Crippen molar-refractivity contribution in [2.75, 3.05) is 30.3 Å². The van der Waals surface area contributed by atoms with Crippen LogP contribution in [-0.2, 0) is 7.05 Å². The Bertz CT molecular complexity index is 1390. The number of fused-ring (bicyclic) bond motifs is 1. The molecule has 0 aromatic carbocycles. The summed E-state index contributed by atoms with van der Waals surface area (Å²) >= 11 is 0. The molecule has 3 N–H and O–H groups in total. The highest BCUT2D eigenvalue weighted by molar-refractivity contribution is 6.09. The zero-order valence-corrected chi connectivity index (χ0v) is 18.6. The van der Waals surface area contributed by atoms with E-state index in [9.17, 15) is 9.59 Å². The fourth-order valence-corrected chi connectivity index (χ4v) is 3.73. The van der Waals surface area contributed by atoms with E-state index in [0.717, 1.165) is 5.56 Å². The van der Waals surface area contributed by atoms with Crippen molar-refractivity contribution in [2.45, 2.75) is 6.92 Å². The summed E-state index contributed by atoms with van der Waals surface area (Å²) in [6.07, 6.45) is 9.90. The van der Waals surface area contributed by atoms with Crippen LogP contribution < -0.4 is 10.6 Å². The van der Waals surface area contributed by atoms with Crippen LogP contribution in [0.25, 0.3) is 16.8 Å². The molecule has 3 amide bonds. The molecule has 4 aromatic heterocycles. The van der Waals surface area contributed by atoms with Crippen LogP contribution in [0.3, 0.4) is 0 Å². The van der Waals surface area contributed by atoms with E-state index < -0.39 is 0 Å². The summed E-state index contributed by atoms with van der Waals surface area (Å²) in [7, 11) is 1.83. The number of urea groups is 1. The maximum absolute atomic E-state index is 13.0. The lowest BCUT2D eigenvalue weighted by Crippen LogP contribution is -2.52. The maximum atomic E-state index is 13.0. The van der Waals surface area contributed by atoms with Gasteiger partial charge >= 0.3 is 6.03 Å². The minimum absolute atomic E-state index is 0.0654. The topological polar surface area (TPSA) is 143 Å². The SMILES string of the molecule is Cc1ncc(NC(=O)N2CC(CO)C2)cc1NC(=O)c1cnn2cc(-c3cnn(C)c3)ncc12. The van der Waals surface area contributed by atoms with Gasteiger partial charge in [-0.25, -0.2) is 9.31 Å². The number of nitrogens with one attached hydrogen (secondary N) is 2. The van der Waals surface area contributed by atoms with Gasteiger partial charge in [-0.1, -0.05) is 0 Å². The van der Waals surface area contributed by atoms with Crippen molar-refractivity contribution in [2.24, 2.45) is 13.0 Å². The number of carbonyl (C=O) groups is 2. The van der Waals surface area contributed by atoms with Crippen LogP contribution in [0.15, 0.2) is 43.2 Å². The molecule has 0 aliphatic carbocycles. The van der Waals surface area contributed by atoms with Crippen LogP contribution in [-0.4, -0.2) is 71.0 Å². The summed E-state index contributed by atoms with van der Waals surface area (Å²) in [5.74, 6) is -0.245. The molecule has 0 atom stereocenters. The van der Waals surface area contributed by atoms with Crippen molar-refractivity contribution in [3.8, 4) is 11.3 Å². The van der Waals surface area contributed by atoms with Crippen molar-refractivity contribution in [1.82, 2.24) is 34.3 Å². The standard InChI is InChI=1S/C22H23N9O3/c1-13-18(3-16(5-23-13)27-22(34)30-8-14(9-30)12-32)28-21(33)17-6-26-31-11-19(24-7-20(17)31)15-4-25-29(2)10-15/h3-7,10-11,14,32H,8-9,12H2,1-2H3,(H,27,34)(H,28,33). The zero-order valence-electron chi connectivity index (χ0n) is 18.6. The fourth-order valence-electron chi connectivity index (χ4n) is 3.73. The lowest BCUT2D eigenvalue weighted by molar-refractivity contribution is 0.0838. The molecule has 0 saturated carbocycles. The first-order valence-electron chi connectivity index (χ1n) is 10.7. The highest BCUT2D eigenvalue weighted by Crippen LogP contribution is 2.23. The number of hydrogen-bond acceptors (Lipinski definition) is 7. The van der Waals surface area contributed by atoms with Crippen molar-refractivity contribution in [3.63, 3.8) is 0 Å². The first-order valence-corrected chi connectivity index (χ1v) is 10.7. The molecule has 34 heavy (non-hydrogen) atoms. The smallest absolute Gasteiger partial charge is 0.321 e. The highest BCUT2D eigenvalue weighted by Gasteiger charge is 2.30. The van der Waals surface area contributed by atoms with Crippen LogP contribution >= 0.6 is 0 Å². The molecule has 5 rings (SSSR count). The van der Waals surface area contributed by atoms with Crippen LogP contribution in [0.1, 0.15) is 16.1 Å². The predicted octanol–water partition coefficient (Wildman–Crippen LogP) is 1.54. The molecule has 0 spiro atoms. The Morgan fingerprint density at radius 3 is 2.65 bits per heavy atom. The number of carbonyl (C=O) groups excluding carboxylic acids is 2. The zero-order chi connectivity index (χ0) is 23.8. The minimum Gasteiger partial charge on any atom is -0.396 e. The monoisotopic (exact) mass is 461 g/mol. The predicted molar refractivity (Wildman–Crippen MR) is 123 cm³/mol. The molecular formula is C22H23N9O3. The summed E-state index contributed by atoms with van der Waals surface area (Å²) in [5.41, 5.74) is 3.97. The van der Waals surface area contributed by atoms with Crippen LogP contribution in [0.4, 0.5) is 16.2 Å². The molecule has 1 aliphatic heterocycles. The number of likely N-dealkylation sites (tertiary alicyclic amines) is 1. The van der Waals surface area contributed by atoms with E-state index in [4.69, 9.17) is 5.11 Å². The Kier molecular flexibility index (Phi) is 5.42. The van der Waals surface area contributed by atoms with Gasteiger partial charge in [0.1, 0.15) is 0 Å². The normalized spacial score (nSPS) is 13.7. The van der Waals surface area contributed by atoms with Gasteiger partial charge in [-0.15, -0.1) is 0 Å². The summed E-state index contributed by atoms with van der Waals surface area (Å²) in [6, 6.07) is 1.39. The number of aliphatic hydroxyl groups is 1. The molecule has 5 heterocycles. The molecule has 0 unspecified atom stereocenters. The van der Waals surface area contributed by atoms with Gasteiger partial charge in [0.2, 0.25) is 0 Å². The van der Waals surface area contributed by atoms with Gasteiger partial charge in [0.15, 0.2) is 0 Å². The number of aromatic nitrogens is 6. The van der Waals surface area contributed by atoms with E-state index in [1.54, 1.807) is 45.7 Å². The second-order valence-corrected chi connectivity index (χ2v) is 8.26. The molecule has 12 nitrogen and oxygen atoms in total. The van der Waals surface area contributed by atoms with Crippen molar-refractivity contribution in [1.29, 1.82) is 0 Å². The Balaban J connectivity index is 1.32. The number of pyridine rings is 1. The second kappa shape index (κ2) is 8.56. The van der Waals surface area contributed by atoms with Crippen LogP contribution in [0, 0.1) is 12.8 Å². The molecule has 1 fully saturated rings. The Morgan fingerprint density at radius 1 is 1.09 bits per heavy atom. The Morgan fingerprint density at radius 2 is 1.91 bits per heavy atom. The van der Waals surface area contributed by atoms with Crippen molar-refractivity contribution < 1.29 is 14.7 Å². The van der Waals surface area contributed by atoms with Gasteiger partial charge in [0.05, 0.1) is 64.8 Å². The number of anilines is 2. The van der Waals surface area contributed by atoms with Gasteiger partial charge in [0, 0.05) is 44.4 Å². The molecule has 1 aliphatic rings. The Labute approximate surface area is 194 Å². The lowest BCUT2D eigenvalue weighted by atomic mass is 10.0. The quantitative estimate of drug-likeness (QED) is 0.409. The number of amides is 3. The number of hydrogen-bond donors (Lipinski definition) is 3. The molecule has 0 bridgehead atoms. The number of rotatable bonds is 5. The van der Waals surface area contributed by atoms with E-state index in [-0.39, 0.29) is 24.5 Å². The van der Waals surface area contributed by atoms with Crippen molar-refractivity contribution >= 4 is 28.8 Å². The van der Waals surface area contributed by atoms with Gasteiger partial charge in [-0.2, -0.15) is 10.2 Å². The van der Waals surface area contributed by atoms with Crippen LogP contribution in [0.2, 0.25) is 0 Å². The average molecular weight is 461 g/mol. The largest absolute Gasteiger partial charge is 0.396 e. The fraction of sp³-hybridized carbons (Fsp3) is 0.273. The molecule has 12 heteroatoms. The minimum atomic E-state index is -0.368. The first-order chi connectivity index (χ1) is 16.4.